The average Bonchev–Trinajstić information content (AvgIpc) is 3.45. The molecule has 13 heteroatoms. The third-order valence-electron chi connectivity index (χ3n) is 6.43. The topological polar surface area (TPSA) is 130 Å². The summed E-state index contributed by atoms with van der Waals surface area (Å²) in [5.41, 5.74) is 0.237. The van der Waals surface area contributed by atoms with E-state index in [2.05, 4.69) is 0 Å². The van der Waals surface area contributed by atoms with E-state index >= 15 is 0 Å². The molecular weight excluding hydrogens is 492 g/mol. The number of furan rings is 1. The lowest BCUT2D eigenvalue weighted by Crippen LogP contribution is -2.53. The predicted molar refractivity (Wildman–Crippen MR) is 125 cm³/mol. The van der Waals surface area contributed by atoms with Gasteiger partial charge in [-0.3, -0.25) is 19.3 Å². The fourth-order valence-corrected chi connectivity index (χ4v) is 5.83. The minimum Gasteiger partial charge on any atom is -0.482 e. The van der Waals surface area contributed by atoms with E-state index in [-0.39, 0.29) is 54.4 Å². The van der Waals surface area contributed by atoms with Crippen molar-refractivity contribution in [1.82, 2.24) is 14.1 Å². The molecular formula is C23H26N4O8S. The fraction of sp³-hybridized carbons (Fsp3) is 0.435. The van der Waals surface area contributed by atoms with Crippen LogP contribution in [-0.2, 0) is 24.3 Å². The van der Waals surface area contributed by atoms with E-state index in [1.807, 2.05) is 0 Å². The highest BCUT2D eigenvalue weighted by Gasteiger charge is 2.34. The van der Waals surface area contributed by atoms with Crippen molar-refractivity contribution in [2.24, 2.45) is 0 Å². The normalized spacial score (nSPS) is 19.1. The lowest BCUT2D eigenvalue weighted by molar-refractivity contribution is -0.133. The first-order valence-corrected chi connectivity index (χ1v) is 13.0. The van der Waals surface area contributed by atoms with Crippen LogP contribution in [0, 0.1) is 0 Å². The average molecular weight is 519 g/mol. The summed E-state index contributed by atoms with van der Waals surface area (Å²) in [6.45, 7) is 1.88. The maximum Gasteiger partial charge on any atom is 0.289 e. The summed E-state index contributed by atoms with van der Waals surface area (Å²) in [5, 5.41) is 0. The molecule has 1 aromatic heterocycles. The molecule has 2 saturated heterocycles. The first kappa shape index (κ1) is 24.3. The van der Waals surface area contributed by atoms with Crippen molar-refractivity contribution in [1.29, 1.82) is 0 Å². The van der Waals surface area contributed by atoms with Crippen LogP contribution in [0.4, 0.5) is 5.69 Å². The van der Waals surface area contributed by atoms with Gasteiger partial charge in [-0.1, -0.05) is 0 Å². The number of nitrogens with zero attached hydrogens (tertiary/aromatic N) is 4. The molecule has 0 aliphatic carbocycles. The molecule has 0 radical (unpaired) electrons. The van der Waals surface area contributed by atoms with Gasteiger partial charge in [-0.25, -0.2) is 8.42 Å². The second-order valence-electron chi connectivity index (χ2n) is 8.56. The zero-order valence-electron chi connectivity index (χ0n) is 19.5. The Labute approximate surface area is 208 Å². The molecule has 3 aliphatic heterocycles. The third kappa shape index (κ3) is 4.68. The van der Waals surface area contributed by atoms with Crippen LogP contribution in [0.1, 0.15) is 10.6 Å². The minimum absolute atomic E-state index is 0.0175. The Morgan fingerprint density at radius 2 is 1.67 bits per heavy atom. The SMILES string of the molecule is O=C(CN1C(=O)COc2ccc(S(=O)(=O)N3CCOCC3)cc21)N1CCN(C(=O)c2ccco2)CC1. The number of anilines is 1. The van der Waals surface area contributed by atoms with Crippen LogP contribution in [-0.4, -0.2) is 106 Å². The molecule has 3 aliphatic rings. The smallest absolute Gasteiger partial charge is 0.289 e. The van der Waals surface area contributed by atoms with Gasteiger partial charge in [-0.2, -0.15) is 4.31 Å². The van der Waals surface area contributed by atoms with Gasteiger partial charge in [0.2, 0.25) is 15.9 Å². The number of carbonyl (C=O) groups is 3. The maximum absolute atomic E-state index is 13.1. The van der Waals surface area contributed by atoms with Gasteiger partial charge in [-0.05, 0) is 30.3 Å². The molecule has 4 heterocycles. The van der Waals surface area contributed by atoms with Crippen LogP contribution >= 0.6 is 0 Å². The van der Waals surface area contributed by atoms with Gasteiger partial charge < -0.3 is 23.7 Å². The van der Waals surface area contributed by atoms with Crippen LogP contribution in [0.25, 0.3) is 0 Å². The van der Waals surface area contributed by atoms with Crippen molar-refractivity contribution in [2.75, 3.05) is 70.5 Å². The van der Waals surface area contributed by atoms with Crippen LogP contribution in [0.5, 0.6) is 5.75 Å². The molecule has 12 nitrogen and oxygen atoms in total. The molecule has 0 spiro atoms. The van der Waals surface area contributed by atoms with E-state index < -0.39 is 15.9 Å². The predicted octanol–water partition coefficient (Wildman–Crippen LogP) is 0.0105. The monoisotopic (exact) mass is 518 g/mol. The standard InChI is InChI=1S/C23H26N4O8S/c28-21(24-5-7-25(8-6-24)23(30)20-2-1-11-34-20)15-27-18-14-17(3-4-19(18)35-16-22(27)29)36(31,32)26-9-12-33-13-10-26/h1-4,11,14H,5-10,12-13,15-16H2. The number of carbonyl (C=O) groups excluding carboxylic acids is 3. The first-order valence-electron chi connectivity index (χ1n) is 11.6. The van der Waals surface area contributed by atoms with Gasteiger partial charge in [0.05, 0.1) is 30.1 Å². The van der Waals surface area contributed by atoms with Crippen molar-refractivity contribution in [3.05, 3.63) is 42.4 Å². The van der Waals surface area contributed by atoms with Gasteiger partial charge in [0.25, 0.3) is 11.8 Å². The Kier molecular flexibility index (Phi) is 6.69. The van der Waals surface area contributed by atoms with Crippen molar-refractivity contribution in [3.63, 3.8) is 0 Å². The summed E-state index contributed by atoms with van der Waals surface area (Å²) in [6.07, 6.45) is 1.43. The van der Waals surface area contributed by atoms with Crippen LogP contribution < -0.4 is 9.64 Å². The number of sulfonamides is 1. The number of benzene rings is 1. The number of rotatable bonds is 5. The van der Waals surface area contributed by atoms with Crippen molar-refractivity contribution < 1.29 is 36.7 Å². The highest BCUT2D eigenvalue weighted by molar-refractivity contribution is 7.89. The van der Waals surface area contributed by atoms with Gasteiger partial charge in [-0.15, -0.1) is 0 Å². The summed E-state index contributed by atoms with van der Waals surface area (Å²) in [4.78, 5) is 42.7. The number of piperazine rings is 1. The Morgan fingerprint density at radius 1 is 0.944 bits per heavy atom. The van der Waals surface area contributed by atoms with Crippen molar-refractivity contribution >= 4 is 33.4 Å². The molecule has 3 amide bonds. The molecule has 2 aromatic rings. The van der Waals surface area contributed by atoms with Crippen LogP contribution in [0.15, 0.2) is 45.9 Å². The quantitative estimate of drug-likeness (QED) is 0.541. The highest BCUT2D eigenvalue weighted by Crippen LogP contribution is 2.35. The second-order valence-corrected chi connectivity index (χ2v) is 10.5. The minimum atomic E-state index is -3.80. The first-order chi connectivity index (χ1) is 17.3. The lowest BCUT2D eigenvalue weighted by Gasteiger charge is -2.36. The van der Waals surface area contributed by atoms with E-state index in [9.17, 15) is 22.8 Å². The molecule has 0 N–H and O–H groups in total. The fourth-order valence-electron chi connectivity index (χ4n) is 4.40. The lowest BCUT2D eigenvalue weighted by atomic mass is 10.2. The molecule has 1 aromatic carbocycles. The molecule has 2 fully saturated rings. The number of amides is 3. The van der Waals surface area contributed by atoms with Crippen LogP contribution in [0.3, 0.4) is 0 Å². The van der Waals surface area contributed by atoms with Gasteiger partial charge in [0.15, 0.2) is 12.4 Å². The number of morpholine rings is 1. The number of ether oxygens (including phenoxy) is 2. The van der Waals surface area contributed by atoms with E-state index in [1.54, 1.807) is 21.9 Å². The van der Waals surface area contributed by atoms with E-state index in [1.165, 1.54) is 33.7 Å². The molecule has 192 valence electrons. The van der Waals surface area contributed by atoms with Gasteiger partial charge >= 0.3 is 0 Å². The molecule has 0 atom stereocenters. The number of fused-ring (bicyclic) bond motifs is 1. The van der Waals surface area contributed by atoms with E-state index in [4.69, 9.17) is 13.9 Å². The Balaban J connectivity index is 1.29. The Morgan fingerprint density at radius 3 is 2.36 bits per heavy atom. The zero-order chi connectivity index (χ0) is 25.3. The third-order valence-corrected chi connectivity index (χ3v) is 8.32. The Bertz CT molecular complexity index is 1250. The number of hydrogen-bond acceptors (Lipinski definition) is 8. The van der Waals surface area contributed by atoms with Gasteiger partial charge in [0, 0.05) is 39.3 Å². The number of hydrogen-bond donors (Lipinski definition) is 0. The molecule has 0 unspecified atom stereocenters. The second kappa shape index (κ2) is 9.91. The summed E-state index contributed by atoms with van der Waals surface area (Å²) in [5.74, 6) is -0.408. The van der Waals surface area contributed by atoms with Crippen molar-refractivity contribution in [3.8, 4) is 5.75 Å². The van der Waals surface area contributed by atoms with Gasteiger partial charge in [0.1, 0.15) is 12.3 Å². The molecule has 5 rings (SSSR count). The zero-order valence-corrected chi connectivity index (χ0v) is 20.3. The molecule has 36 heavy (non-hydrogen) atoms. The highest BCUT2D eigenvalue weighted by atomic mass is 32.2. The summed E-state index contributed by atoms with van der Waals surface area (Å²) < 4.78 is 43.5. The largest absolute Gasteiger partial charge is 0.482 e. The Hall–Kier alpha value is -3.42. The van der Waals surface area contributed by atoms with Crippen LogP contribution in [0.2, 0.25) is 0 Å². The van der Waals surface area contributed by atoms with E-state index in [0.29, 0.717) is 45.1 Å². The van der Waals surface area contributed by atoms with Crippen molar-refractivity contribution in [2.45, 2.75) is 4.90 Å². The maximum atomic E-state index is 13.1. The summed E-state index contributed by atoms with van der Waals surface area (Å²) in [7, 11) is -3.80. The molecule has 0 bridgehead atoms. The summed E-state index contributed by atoms with van der Waals surface area (Å²) in [6, 6.07) is 7.56. The summed E-state index contributed by atoms with van der Waals surface area (Å²) >= 11 is 0. The molecule has 0 saturated carbocycles. The van der Waals surface area contributed by atoms with E-state index in [0.717, 1.165) is 0 Å².